The van der Waals surface area contributed by atoms with E-state index in [1.165, 1.54) is 12.8 Å². The van der Waals surface area contributed by atoms with E-state index < -0.39 is 0 Å². The highest BCUT2D eigenvalue weighted by molar-refractivity contribution is 4.94. The molecule has 2 aliphatic rings. The maximum Gasteiger partial charge on any atom is 0.0666 e. The van der Waals surface area contributed by atoms with E-state index in [2.05, 4.69) is 11.0 Å². The van der Waals surface area contributed by atoms with Crippen LogP contribution in [-0.2, 0) is 4.74 Å². The van der Waals surface area contributed by atoms with Crippen molar-refractivity contribution in [2.24, 2.45) is 5.92 Å². The van der Waals surface area contributed by atoms with Crippen molar-refractivity contribution >= 4 is 0 Å². The summed E-state index contributed by atoms with van der Waals surface area (Å²) in [5.74, 6) is 0.154. The molecular formula is C10H16N2O. The number of fused-ring (bicyclic) bond motifs is 2. The van der Waals surface area contributed by atoms with Crippen LogP contribution in [0.4, 0.5) is 0 Å². The average Bonchev–Trinajstić information content (AvgIpc) is 2.41. The fourth-order valence-electron chi connectivity index (χ4n) is 2.37. The van der Waals surface area contributed by atoms with E-state index in [0.29, 0.717) is 12.1 Å². The lowest BCUT2D eigenvalue weighted by Gasteiger charge is -2.35. The quantitative estimate of drug-likeness (QED) is 0.636. The van der Waals surface area contributed by atoms with Gasteiger partial charge in [0.1, 0.15) is 0 Å². The fourth-order valence-corrected chi connectivity index (χ4v) is 2.37. The van der Waals surface area contributed by atoms with Gasteiger partial charge in [-0.3, -0.25) is 4.90 Å². The molecule has 2 saturated heterocycles. The number of nitrogens with zero attached hydrogens (tertiary/aromatic N) is 2. The van der Waals surface area contributed by atoms with Gasteiger partial charge in [-0.05, 0) is 19.8 Å². The number of rotatable bonds is 2. The molecule has 0 aromatic rings. The molecular weight excluding hydrogens is 164 g/mol. The third-order valence-electron chi connectivity index (χ3n) is 3.10. The SMILES string of the molecule is CC(C#N)CN1C2CCC1COC2. The number of nitriles is 1. The Morgan fingerprint density at radius 3 is 2.62 bits per heavy atom. The van der Waals surface area contributed by atoms with Crippen molar-refractivity contribution in [3.63, 3.8) is 0 Å². The van der Waals surface area contributed by atoms with Gasteiger partial charge in [0.2, 0.25) is 0 Å². The van der Waals surface area contributed by atoms with E-state index in [0.717, 1.165) is 19.8 Å². The fraction of sp³-hybridized carbons (Fsp3) is 0.900. The molecule has 3 atom stereocenters. The lowest BCUT2D eigenvalue weighted by molar-refractivity contribution is -0.0175. The molecule has 0 aromatic carbocycles. The first-order chi connectivity index (χ1) is 6.31. The standard InChI is InChI=1S/C10H16N2O/c1-8(4-11)5-12-9-2-3-10(12)7-13-6-9/h8-10H,2-3,5-7H2,1H3. The predicted molar refractivity (Wildman–Crippen MR) is 49.1 cm³/mol. The van der Waals surface area contributed by atoms with Crippen LogP contribution in [0.1, 0.15) is 19.8 Å². The molecule has 0 amide bonds. The third kappa shape index (κ3) is 1.70. The van der Waals surface area contributed by atoms with Gasteiger partial charge in [-0.2, -0.15) is 5.26 Å². The summed E-state index contributed by atoms with van der Waals surface area (Å²) in [7, 11) is 0. The molecule has 0 N–H and O–H groups in total. The molecule has 72 valence electrons. The van der Waals surface area contributed by atoms with E-state index in [1.807, 2.05) is 6.92 Å². The molecule has 0 aromatic heterocycles. The van der Waals surface area contributed by atoms with E-state index >= 15 is 0 Å². The molecule has 2 fully saturated rings. The molecule has 2 heterocycles. The van der Waals surface area contributed by atoms with E-state index in [4.69, 9.17) is 10.00 Å². The maximum absolute atomic E-state index is 8.75. The molecule has 0 saturated carbocycles. The minimum Gasteiger partial charge on any atom is -0.378 e. The van der Waals surface area contributed by atoms with Crippen LogP contribution in [0.2, 0.25) is 0 Å². The lowest BCUT2D eigenvalue weighted by Crippen LogP contribution is -2.47. The van der Waals surface area contributed by atoms with Crippen LogP contribution in [0, 0.1) is 17.2 Å². The van der Waals surface area contributed by atoms with Crippen molar-refractivity contribution in [3.8, 4) is 6.07 Å². The zero-order valence-electron chi connectivity index (χ0n) is 8.07. The van der Waals surface area contributed by atoms with Crippen molar-refractivity contribution in [1.29, 1.82) is 5.26 Å². The molecule has 2 aliphatic heterocycles. The topological polar surface area (TPSA) is 36.3 Å². The predicted octanol–water partition coefficient (Wildman–Crippen LogP) is 1.01. The Kier molecular flexibility index (Phi) is 2.52. The van der Waals surface area contributed by atoms with Crippen LogP contribution in [0.25, 0.3) is 0 Å². The first kappa shape index (κ1) is 8.98. The highest BCUT2D eigenvalue weighted by Crippen LogP contribution is 2.29. The molecule has 13 heavy (non-hydrogen) atoms. The average molecular weight is 180 g/mol. The van der Waals surface area contributed by atoms with Crippen molar-refractivity contribution in [2.45, 2.75) is 31.8 Å². The largest absolute Gasteiger partial charge is 0.378 e. The first-order valence-corrected chi connectivity index (χ1v) is 5.04. The number of hydrogen-bond donors (Lipinski definition) is 0. The van der Waals surface area contributed by atoms with Gasteiger partial charge in [-0.15, -0.1) is 0 Å². The molecule has 0 radical (unpaired) electrons. The van der Waals surface area contributed by atoms with Crippen LogP contribution in [-0.4, -0.2) is 36.7 Å². The minimum atomic E-state index is 0.154. The smallest absolute Gasteiger partial charge is 0.0666 e. The zero-order valence-corrected chi connectivity index (χ0v) is 8.07. The van der Waals surface area contributed by atoms with Crippen LogP contribution in [0.5, 0.6) is 0 Å². The van der Waals surface area contributed by atoms with E-state index in [9.17, 15) is 0 Å². The summed E-state index contributed by atoms with van der Waals surface area (Å²) < 4.78 is 5.48. The van der Waals surface area contributed by atoms with Crippen molar-refractivity contribution in [3.05, 3.63) is 0 Å². The highest BCUT2D eigenvalue weighted by atomic mass is 16.5. The second kappa shape index (κ2) is 3.65. The van der Waals surface area contributed by atoms with Crippen molar-refractivity contribution in [2.75, 3.05) is 19.8 Å². The van der Waals surface area contributed by atoms with E-state index in [1.54, 1.807) is 0 Å². The van der Waals surface area contributed by atoms with Gasteiger partial charge < -0.3 is 4.74 Å². The van der Waals surface area contributed by atoms with Gasteiger partial charge >= 0.3 is 0 Å². The summed E-state index contributed by atoms with van der Waals surface area (Å²) in [6.07, 6.45) is 2.51. The second-order valence-electron chi connectivity index (χ2n) is 4.15. The van der Waals surface area contributed by atoms with Crippen LogP contribution < -0.4 is 0 Å². The van der Waals surface area contributed by atoms with Crippen LogP contribution in [0.3, 0.4) is 0 Å². The number of ether oxygens (including phenoxy) is 1. The molecule has 0 spiro atoms. The molecule has 0 aliphatic carbocycles. The lowest BCUT2D eigenvalue weighted by atomic mass is 10.1. The van der Waals surface area contributed by atoms with Gasteiger partial charge in [0.05, 0.1) is 25.2 Å². The molecule has 2 bridgehead atoms. The summed E-state index contributed by atoms with van der Waals surface area (Å²) in [5, 5.41) is 8.75. The summed E-state index contributed by atoms with van der Waals surface area (Å²) >= 11 is 0. The Bertz CT molecular complexity index is 207. The Balaban J connectivity index is 1.96. The maximum atomic E-state index is 8.75. The van der Waals surface area contributed by atoms with Crippen molar-refractivity contribution < 1.29 is 4.74 Å². The van der Waals surface area contributed by atoms with Crippen LogP contribution in [0.15, 0.2) is 0 Å². The second-order valence-corrected chi connectivity index (χ2v) is 4.15. The molecule has 3 unspecified atom stereocenters. The Labute approximate surface area is 79.3 Å². The Hall–Kier alpha value is -0.590. The van der Waals surface area contributed by atoms with Gasteiger partial charge in [-0.1, -0.05) is 0 Å². The van der Waals surface area contributed by atoms with Crippen LogP contribution >= 0.6 is 0 Å². The molecule has 3 heteroatoms. The molecule has 3 nitrogen and oxygen atoms in total. The van der Waals surface area contributed by atoms with Gasteiger partial charge in [0.25, 0.3) is 0 Å². The summed E-state index contributed by atoms with van der Waals surface area (Å²) in [6, 6.07) is 3.48. The normalized spacial score (nSPS) is 35.7. The van der Waals surface area contributed by atoms with Crippen molar-refractivity contribution in [1.82, 2.24) is 4.90 Å². The summed E-state index contributed by atoms with van der Waals surface area (Å²) in [4.78, 5) is 2.47. The van der Waals surface area contributed by atoms with E-state index in [-0.39, 0.29) is 5.92 Å². The third-order valence-corrected chi connectivity index (χ3v) is 3.10. The number of hydrogen-bond acceptors (Lipinski definition) is 3. The minimum absolute atomic E-state index is 0.154. The zero-order chi connectivity index (χ0) is 9.26. The highest BCUT2D eigenvalue weighted by Gasteiger charge is 2.37. The van der Waals surface area contributed by atoms with Gasteiger partial charge in [-0.25, -0.2) is 0 Å². The number of morpholine rings is 1. The molecule has 2 rings (SSSR count). The van der Waals surface area contributed by atoms with Gasteiger partial charge in [0, 0.05) is 18.6 Å². The summed E-state index contributed by atoms with van der Waals surface area (Å²) in [5.41, 5.74) is 0. The first-order valence-electron chi connectivity index (χ1n) is 5.04. The Morgan fingerprint density at radius 2 is 2.08 bits per heavy atom. The Morgan fingerprint density at radius 1 is 1.46 bits per heavy atom. The van der Waals surface area contributed by atoms with Gasteiger partial charge in [0.15, 0.2) is 0 Å². The monoisotopic (exact) mass is 180 g/mol. The summed E-state index contributed by atoms with van der Waals surface area (Å²) in [6.45, 7) is 4.66.